The maximum absolute atomic E-state index is 12.6. The van der Waals surface area contributed by atoms with Gasteiger partial charge < -0.3 is 15.4 Å². The maximum atomic E-state index is 12.6. The van der Waals surface area contributed by atoms with Gasteiger partial charge in [-0.25, -0.2) is 0 Å². The Balaban J connectivity index is 4.25. The third kappa shape index (κ3) is 14.4. The van der Waals surface area contributed by atoms with E-state index < -0.39 is 0 Å². The second kappa shape index (κ2) is 13.7. The summed E-state index contributed by atoms with van der Waals surface area (Å²) in [5.41, 5.74) is 0.515. The molecule has 0 bridgehead atoms. The van der Waals surface area contributed by atoms with Crippen LogP contribution in [-0.2, 0) is 9.53 Å². The number of amides is 1. The quantitative estimate of drug-likeness (QED) is 0.283. The lowest BCUT2D eigenvalue weighted by Crippen LogP contribution is -2.38. The average molecular weight is 427 g/mol. The van der Waals surface area contributed by atoms with Gasteiger partial charge >= 0.3 is 0 Å². The van der Waals surface area contributed by atoms with Crippen LogP contribution in [0.1, 0.15) is 114 Å². The molecule has 0 radical (unpaired) electrons. The zero-order valence-electron chi connectivity index (χ0n) is 22.0. The molecule has 0 saturated heterocycles. The third-order valence-corrected chi connectivity index (χ3v) is 6.32. The fourth-order valence-electron chi connectivity index (χ4n) is 4.51. The van der Waals surface area contributed by atoms with Crippen LogP contribution in [0.2, 0.25) is 0 Å². The van der Waals surface area contributed by atoms with Crippen molar-refractivity contribution in [1.29, 1.82) is 0 Å². The molecule has 0 aliphatic carbocycles. The number of hydrogen-bond donors (Lipinski definition) is 2. The minimum atomic E-state index is 0.0696. The molecule has 0 aliphatic rings. The maximum Gasteiger partial charge on any atom is 0.220 e. The fourth-order valence-corrected chi connectivity index (χ4v) is 4.51. The van der Waals surface area contributed by atoms with Crippen molar-refractivity contribution in [2.75, 3.05) is 19.7 Å². The van der Waals surface area contributed by atoms with Crippen molar-refractivity contribution in [2.45, 2.75) is 126 Å². The highest BCUT2D eigenvalue weighted by Gasteiger charge is 2.35. The first kappa shape index (κ1) is 29.4. The van der Waals surface area contributed by atoms with Crippen LogP contribution in [0.4, 0.5) is 0 Å². The molecule has 1 amide bonds. The van der Waals surface area contributed by atoms with Crippen LogP contribution >= 0.6 is 0 Å². The summed E-state index contributed by atoms with van der Waals surface area (Å²) in [6.07, 6.45) is 7.35. The van der Waals surface area contributed by atoms with E-state index in [9.17, 15) is 4.79 Å². The van der Waals surface area contributed by atoms with Gasteiger partial charge in [0.25, 0.3) is 0 Å². The van der Waals surface area contributed by atoms with E-state index >= 15 is 0 Å². The summed E-state index contributed by atoms with van der Waals surface area (Å²) in [6.45, 7) is 24.8. The molecule has 0 aromatic heterocycles. The number of nitrogens with one attached hydrogen (secondary N) is 2. The summed E-state index contributed by atoms with van der Waals surface area (Å²) in [4.78, 5) is 12.6. The first-order valence-corrected chi connectivity index (χ1v) is 12.4. The minimum absolute atomic E-state index is 0.0696. The summed E-state index contributed by atoms with van der Waals surface area (Å²) in [5.74, 6) is 0.892. The van der Waals surface area contributed by atoms with E-state index in [-0.39, 0.29) is 23.0 Å². The van der Waals surface area contributed by atoms with Gasteiger partial charge in [0, 0.05) is 25.0 Å². The van der Waals surface area contributed by atoms with E-state index in [0.29, 0.717) is 17.8 Å². The van der Waals surface area contributed by atoms with E-state index in [1.54, 1.807) is 0 Å². The van der Waals surface area contributed by atoms with Gasteiger partial charge in [-0.1, -0.05) is 54.4 Å². The van der Waals surface area contributed by atoms with Gasteiger partial charge in [-0.3, -0.25) is 4.79 Å². The highest BCUT2D eigenvalue weighted by molar-refractivity contribution is 5.76. The van der Waals surface area contributed by atoms with E-state index in [0.717, 1.165) is 45.4 Å². The number of rotatable bonds is 16. The molecular formula is C26H54N2O2. The molecule has 0 rings (SSSR count). The average Bonchev–Trinajstić information content (AvgIpc) is 2.60. The summed E-state index contributed by atoms with van der Waals surface area (Å²) in [5, 5.41) is 6.59. The van der Waals surface area contributed by atoms with E-state index in [4.69, 9.17) is 4.74 Å². The summed E-state index contributed by atoms with van der Waals surface area (Å²) in [6, 6.07) is 0. The molecule has 0 aliphatic heterocycles. The van der Waals surface area contributed by atoms with Crippen molar-refractivity contribution in [3.63, 3.8) is 0 Å². The predicted octanol–water partition coefficient (Wildman–Crippen LogP) is 6.33. The van der Waals surface area contributed by atoms with Gasteiger partial charge in [0.15, 0.2) is 0 Å². The fraction of sp³-hybridized carbons (Fsp3) is 0.962. The monoisotopic (exact) mass is 426 g/mol. The molecule has 0 heterocycles. The Hall–Kier alpha value is -0.610. The smallest absolute Gasteiger partial charge is 0.220 e. The molecule has 3 atom stereocenters. The minimum Gasteiger partial charge on any atom is -0.377 e. The molecular weight excluding hydrogens is 372 g/mol. The van der Waals surface area contributed by atoms with Crippen molar-refractivity contribution in [3.05, 3.63) is 0 Å². The van der Waals surface area contributed by atoms with Crippen molar-refractivity contribution in [1.82, 2.24) is 10.6 Å². The normalized spacial score (nSPS) is 17.4. The molecule has 30 heavy (non-hydrogen) atoms. The lowest BCUT2D eigenvalue weighted by atomic mass is 9.66. The van der Waals surface area contributed by atoms with Crippen LogP contribution in [-0.4, -0.2) is 37.2 Å². The third-order valence-electron chi connectivity index (χ3n) is 6.32. The lowest BCUT2D eigenvalue weighted by molar-refractivity contribution is -0.123. The largest absolute Gasteiger partial charge is 0.377 e. The summed E-state index contributed by atoms with van der Waals surface area (Å²) in [7, 11) is 0. The van der Waals surface area contributed by atoms with Crippen LogP contribution < -0.4 is 10.6 Å². The highest BCUT2D eigenvalue weighted by atomic mass is 16.5. The van der Waals surface area contributed by atoms with Gasteiger partial charge in [0.05, 0.1) is 12.7 Å². The van der Waals surface area contributed by atoms with Crippen LogP contribution in [0.25, 0.3) is 0 Å². The zero-order chi connectivity index (χ0) is 23.4. The number of hydrogen-bond acceptors (Lipinski definition) is 3. The number of carbonyl (C=O) groups is 1. The first-order chi connectivity index (χ1) is 13.7. The predicted molar refractivity (Wildman–Crippen MR) is 131 cm³/mol. The summed E-state index contributed by atoms with van der Waals surface area (Å²) < 4.78 is 5.87. The second-order valence-electron chi connectivity index (χ2n) is 11.6. The Labute approximate surface area is 188 Å². The molecule has 0 fully saturated rings. The van der Waals surface area contributed by atoms with E-state index in [1.807, 2.05) is 0 Å². The first-order valence-electron chi connectivity index (χ1n) is 12.4. The van der Waals surface area contributed by atoms with E-state index in [1.165, 1.54) is 12.8 Å². The molecule has 0 aromatic rings. The topological polar surface area (TPSA) is 50.4 Å². The molecule has 180 valence electrons. The van der Waals surface area contributed by atoms with Crippen LogP contribution in [0.15, 0.2) is 0 Å². The van der Waals surface area contributed by atoms with Gasteiger partial charge in [0.1, 0.15) is 0 Å². The van der Waals surface area contributed by atoms with Gasteiger partial charge in [-0.05, 0) is 70.1 Å². The molecule has 0 spiro atoms. The van der Waals surface area contributed by atoms with Gasteiger partial charge in [-0.2, -0.15) is 0 Å². The Morgan fingerprint density at radius 2 is 1.53 bits per heavy atom. The lowest BCUT2D eigenvalue weighted by Gasteiger charge is -2.39. The Morgan fingerprint density at radius 1 is 0.933 bits per heavy atom. The Morgan fingerprint density at radius 3 is 2.03 bits per heavy atom. The Kier molecular flexibility index (Phi) is 13.4. The van der Waals surface area contributed by atoms with Crippen LogP contribution in [0.5, 0.6) is 0 Å². The standard InChI is InChI=1S/C26H54N2O2/c1-11-25(9,18-21(3)4)20-26(10,12-2)19-23(29)27-15-13-14-22(5)30-17-16-28-24(6,7)8/h21-22,28H,11-20H2,1-10H3,(H,27,29). The molecule has 4 nitrogen and oxygen atoms in total. The van der Waals surface area contributed by atoms with Crippen molar-refractivity contribution in [2.24, 2.45) is 16.7 Å². The Bertz CT molecular complexity index is 472. The summed E-state index contributed by atoms with van der Waals surface area (Å²) >= 11 is 0. The number of carbonyl (C=O) groups excluding carboxylic acids is 1. The molecule has 2 N–H and O–H groups in total. The molecule has 4 heteroatoms. The number of ether oxygens (including phenoxy) is 1. The van der Waals surface area contributed by atoms with Crippen molar-refractivity contribution < 1.29 is 9.53 Å². The highest BCUT2D eigenvalue weighted by Crippen LogP contribution is 2.44. The SMILES string of the molecule is CCC(C)(CC(=O)NCCCC(C)OCCNC(C)(C)C)CC(C)(CC)CC(C)C. The van der Waals surface area contributed by atoms with Gasteiger partial charge in [-0.15, -0.1) is 0 Å². The van der Waals surface area contributed by atoms with Gasteiger partial charge in [0.2, 0.25) is 5.91 Å². The molecule has 0 saturated carbocycles. The van der Waals surface area contributed by atoms with Crippen molar-refractivity contribution >= 4 is 5.91 Å². The second-order valence-corrected chi connectivity index (χ2v) is 11.6. The van der Waals surface area contributed by atoms with Crippen LogP contribution in [0, 0.1) is 16.7 Å². The molecule has 0 aromatic carbocycles. The molecule has 3 unspecified atom stereocenters. The van der Waals surface area contributed by atoms with Crippen molar-refractivity contribution in [3.8, 4) is 0 Å². The van der Waals surface area contributed by atoms with E-state index in [2.05, 4.69) is 79.9 Å². The van der Waals surface area contributed by atoms with Crippen LogP contribution in [0.3, 0.4) is 0 Å². The zero-order valence-corrected chi connectivity index (χ0v) is 22.0.